The molecular weight excluding hydrogens is 456 g/mol. The van der Waals surface area contributed by atoms with Crippen LogP contribution in [-0.4, -0.2) is 16.3 Å². The highest BCUT2D eigenvalue weighted by molar-refractivity contribution is 7.07. The molecule has 0 radical (unpaired) electrons. The second-order valence-electron chi connectivity index (χ2n) is 8.68. The van der Waals surface area contributed by atoms with E-state index in [1.54, 1.807) is 18.2 Å². The monoisotopic (exact) mass is 480 g/mol. The van der Waals surface area contributed by atoms with E-state index in [-0.39, 0.29) is 17.4 Å². The summed E-state index contributed by atoms with van der Waals surface area (Å²) < 4.78 is 7.98. The fourth-order valence-electron chi connectivity index (χ4n) is 5.00. The van der Waals surface area contributed by atoms with Gasteiger partial charge in [-0.2, -0.15) is 0 Å². The number of fused-ring (bicyclic) bond motifs is 3. The number of hydrogen-bond acceptors (Lipinski definition) is 5. The van der Waals surface area contributed by atoms with Crippen LogP contribution in [0.4, 0.5) is 0 Å². The van der Waals surface area contributed by atoms with Gasteiger partial charge in [0.2, 0.25) is 0 Å². The number of ether oxygens (including phenoxy) is 1. The minimum atomic E-state index is -0.184. The molecule has 4 aromatic rings. The van der Waals surface area contributed by atoms with Crippen LogP contribution in [-0.2, 0) is 6.42 Å². The van der Waals surface area contributed by atoms with E-state index in [0.717, 1.165) is 35.2 Å². The van der Waals surface area contributed by atoms with Crippen molar-refractivity contribution in [2.24, 2.45) is 4.99 Å². The lowest BCUT2D eigenvalue weighted by molar-refractivity contribution is 0.318. The largest absolute Gasteiger partial charge is 0.504 e. The fourth-order valence-corrected chi connectivity index (χ4v) is 6.00. The van der Waals surface area contributed by atoms with E-state index in [1.807, 2.05) is 35.8 Å². The van der Waals surface area contributed by atoms with E-state index in [0.29, 0.717) is 21.7 Å². The Morgan fingerprint density at radius 1 is 1.09 bits per heavy atom. The second-order valence-corrected chi connectivity index (χ2v) is 9.69. The highest BCUT2D eigenvalue weighted by Gasteiger charge is 2.32. The van der Waals surface area contributed by atoms with Crippen LogP contribution in [0.15, 0.2) is 88.2 Å². The number of allylic oxidation sites excluding steroid dienone is 1. The third-order valence-corrected chi connectivity index (χ3v) is 7.55. The van der Waals surface area contributed by atoms with E-state index >= 15 is 0 Å². The number of rotatable bonds is 4. The van der Waals surface area contributed by atoms with Gasteiger partial charge in [0.15, 0.2) is 16.3 Å². The Morgan fingerprint density at radius 2 is 1.89 bits per heavy atom. The first-order valence-corrected chi connectivity index (χ1v) is 12.6. The van der Waals surface area contributed by atoms with Crippen LogP contribution in [0.2, 0.25) is 0 Å². The van der Waals surface area contributed by atoms with Gasteiger partial charge < -0.3 is 9.84 Å². The molecule has 0 spiro atoms. The Hall–Kier alpha value is -3.90. The standard InChI is InChI=1S/C29H24N2O3S/c1-2-34-24-16-18(12-15-23(24)32)17-25-28(33)31-27(20-9-4-3-5-10-20)22-14-13-19-8-6-7-11-21(19)26(22)30-29(31)35-25/h3-12,15-17,27,32H,2,13-14H2,1H3/b25-17-/t27-/m0/s1. The van der Waals surface area contributed by atoms with Gasteiger partial charge in [-0.3, -0.25) is 9.36 Å². The van der Waals surface area contributed by atoms with Gasteiger partial charge in [-0.1, -0.05) is 72.0 Å². The van der Waals surface area contributed by atoms with Gasteiger partial charge in [0, 0.05) is 5.56 Å². The maximum atomic E-state index is 13.8. The summed E-state index contributed by atoms with van der Waals surface area (Å²) in [6.45, 7) is 2.32. The Labute approximate surface area is 206 Å². The lowest BCUT2D eigenvalue weighted by atomic mass is 9.83. The number of aryl methyl sites for hydroxylation is 1. The zero-order valence-corrected chi connectivity index (χ0v) is 20.1. The number of phenols is 1. The quantitative estimate of drug-likeness (QED) is 0.470. The number of benzene rings is 3. The smallest absolute Gasteiger partial charge is 0.271 e. The van der Waals surface area contributed by atoms with Crippen LogP contribution >= 0.6 is 11.3 Å². The van der Waals surface area contributed by atoms with Crippen molar-refractivity contribution in [1.82, 2.24) is 4.57 Å². The minimum Gasteiger partial charge on any atom is -0.504 e. The van der Waals surface area contributed by atoms with Crippen molar-refractivity contribution in [3.05, 3.63) is 120 Å². The first-order valence-electron chi connectivity index (χ1n) is 11.8. The molecule has 1 aromatic heterocycles. The molecule has 6 rings (SSSR count). The van der Waals surface area contributed by atoms with Gasteiger partial charge in [-0.05, 0) is 60.2 Å². The summed E-state index contributed by atoms with van der Waals surface area (Å²) in [6, 6.07) is 23.6. The number of aromatic nitrogens is 1. The molecule has 2 heterocycles. The van der Waals surface area contributed by atoms with Gasteiger partial charge in [-0.25, -0.2) is 4.99 Å². The van der Waals surface area contributed by atoms with Crippen molar-refractivity contribution >= 4 is 23.1 Å². The van der Waals surface area contributed by atoms with Gasteiger partial charge >= 0.3 is 0 Å². The van der Waals surface area contributed by atoms with Crippen molar-refractivity contribution in [2.45, 2.75) is 25.8 Å². The van der Waals surface area contributed by atoms with Crippen LogP contribution in [0.3, 0.4) is 0 Å². The zero-order chi connectivity index (χ0) is 23.9. The highest BCUT2D eigenvalue weighted by atomic mass is 32.1. The van der Waals surface area contributed by atoms with Crippen molar-refractivity contribution in [2.75, 3.05) is 6.61 Å². The molecule has 174 valence electrons. The van der Waals surface area contributed by atoms with Crippen LogP contribution in [0.1, 0.15) is 41.6 Å². The zero-order valence-electron chi connectivity index (χ0n) is 19.3. The lowest BCUT2D eigenvalue weighted by Gasteiger charge is -2.30. The van der Waals surface area contributed by atoms with Crippen LogP contribution in [0, 0.1) is 0 Å². The first kappa shape index (κ1) is 21.6. The number of phenolic OH excluding ortho intramolecular Hbond substituents is 1. The summed E-state index contributed by atoms with van der Waals surface area (Å²) in [6.07, 6.45) is 3.66. The summed E-state index contributed by atoms with van der Waals surface area (Å²) in [7, 11) is 0. The maximum Gasteiger partial charge on any atom is 0.271 e. The summed E-state index contributed by atoms with van der Waals surface area (Å²) >= 11 is 1.40. The molecule has 35 heavy (non-hydrogen) atoms. The SMILES string of the molecule is CCOc1cc(/C=c2\sc3n(c2=O)[C@@H](c2ccccc2)C2=C(N=3)c3ccccc3CC2)ccc1O. The second kappa shape index (κ2) is 8.71. The summed E-state index contributed by atoms with van der Waals surface area (Å²) in [5.41, 5.74) is 6.47. The number of thiazole rings is 1. The molecule has 1 aliphatic heterocycles. The molecule has 6 heteroatoms. The van der Waals surface area contributed by atoms with E-state index in [4.69, 9.17) is 9.73 Å². The fraction of sp³-hybridized carbons (Fsp3) is 0.172. The number of aromatic hydroxyl groups is 1. The molecule has 0 amide bonds. The van der Waals surface area contributed by atoms with Crippen molar-refractivity contribution < 1.29 is 9.84 Å². The average molecular weight is 481 g/mol. The third-order valence-electron chi connectivity index (χ3n) is 6.57. The van der Waals surface area contributed by atoms with Crippen LogP contribution in [0.25, 0.3) is 11.8 Å². The molecular formula is C29H24N2O3S. The Morgan fingerprint density at radius 3 is 2.71 bits per heavy atom. The van der Waals surface area contributed by atoms with Crippen LogP contribution < -0.4 is 19.6 Å². The summed E-state index contributed by atoms with van der Waals surface area (Å²) in [5.74, 6) is 0.490. The van der Waals surface area contributed by atoms with Gasteiger partial charge in [-0.15, -0.1) is 0 Å². The van der Waals surface area contributed by atoms with E-state index in [2.05, 4.69) is 36.4 Å². The van der Waals surface area contributed by atoms with Gasteiger partial charge in [0.05, 0.1) is 22.9 Å². The summed E-state index contributed by atoms with van der Waals surface area (Å²) in [5, 5.41) is 10.1. The highest BCUT2D eigenvalue weighted by Crippen LogP contribution is 2.41. The van der Waals surface area contributed by atoms with Crippen molar-refractivity contribution in [3.63, 3.8) is 0 Å². The average Bonchev–Trinajstić information content (AvgIpc) is 3.19. The van der Waals surface area contributed by atoms with Crippen molar-refractivity contribution in [1.29, 1.82) is 0 Å². The topological polar surface area (TPSA) is 63.8 Å². The predicted molar refractivity (Wildman–Crippen MR) is 138 cm³/mol. The molecule has 0 saturated heterocycles. The molecule has 5 nitrogen and oxygen atoms in total. The predicted octanol–water partition coefficient (Wildman–Crippen LogP) is 4.42. The Bertz CT molecular complexity index is 1650. The molecule has 1 aliphatic carbocycles. The van der Waals surface area contributed by atoms with Crippen molar-refractivity contribution in [3.8, 4) is 11.5 Å². The summed E-state index contributed by atoms with van der Waals surface area (Å²) in [4.78, 5) is 19.5. The third kappa shape index (κ3) is 3.70. The van der Waals surface area contributed by atoms with E-state index in [9.17, 15) is 9.90 Å². The minimum absolute atomic E-state index is 0.0564. The van der Waals surface area contributed by atoms with E-state index < -0.39 is 0 Å². The molecule has 0 bridgehead atoms. The molecule has 0 saturated carbocycles. The maximum absolute atomic E-state index is 13.8. The molecule has 1 N–H and O–H groups in total. The normalized spacial score (nSPS) is 16.8. The number of hydrogen-bond donors (Lipinski definition) is 1. The molecule has 3 aromatic carbocycles. The molecule has 2 aliphatic rings. The Balaban J connectivity index is 1.58. The van der Waals surface area contributed by atoms with Gasteiger partial charge in [0.25, 0.3) is 5.56 Å². The number of nitrogens with zero attached hydrogens (tertiary/aromatic N) is 2. The molecule has 1 atom stereocenters. The Kier molecular flexibility index (Phi) is 5.38. The molecule has 0 fully saturated rings. The lowest BCUT2D eigenvalue weighted by Crippen LogP contribution is -2.38. The first-order chi connectivity index (χ1) is 17.1. The van der Waals surface area contributed by atoms with Gasteiger partial charge in [0.1, 0.15) is 0 Å². The van der Waals surface area contributed by atoms with E-state index in [1.165, 1.54) is 22.5 Å². The molecule has 0 unspecified atom stereocenters. The van der Waals surface area contributed by atoms with Crippen LogP contribution in [0.5, 0.6) is 11.5 Å².